The summed E-state index contributed by atoms with van der Waals surface area (Å²) in [4.78, 5) is 25.8. The van der Waals surface area contributed by atoms with Gasteiger partial charge >= 0.3 is 0 Å². The first-order chi connectivity index (χ1) is 15.9. The van der Waals surface area contributed by atoms with E-state index in [1.807, 2.05) is 73.7 Å². The van der Waals surface area contributed by atoms with E-state index in [1.54, 1.807) is 13.2 Å². The molecule has 1 atom stereocenters. The predicted octanol–water partition coefficient (Wildman–Crippen LogP) is 4.18. The van der Waals surface area contributed by atoms with Crippen molar-refractivity contribution in [1.82, 2.24) is 10.6 Å². The third kappa shape index (κ3) is 7.78. The zero-order valence-corrected chi connectivity index (χ0v) is 20.9. The van der Waals surface area contributed by atoms with Crippen molar-refractivity contribution in [3.63, 3.8) is 0 Å². The van der Waals surface area contributed by atoms with E-state index in [4.69, 9.17) is 4.74 Å². The van der Waals surface area contributed by atoms with Gasteiger partial charge in [-0.2, -0.15) is 0 Å². The fourth-order valence-electron chi connectivity index (χ4n) is 3.32. The summed E-state index contributed by atoms with van der Waals surface area (Å²) in [5.41, 5.74) is 3.45. The quantitative estimate of drug-likeness (QED) is 0.258. The molecule has 3 aromatic rings. The van der Waals surface area contributed by atoms with Gasteiger partial charge < -0.3 is 20.7 Å². The monoisotopic (exact) mass is 557 g/mol. The Morgan fingerprint density at radius 2 is 1.70 bits per heavy atom. The zero-order chi connectivity index (χ0) is 23.6. The number of carbonyl (C=O) groups is 2. The Hall–Kier alpha value is -3.07. The molecule has 0 bridgehead atoms. The maximum Gasteiger partial charge on any atom is 0.251 e. The van der Waals surface area contributed by atoms with Crippen LogP contribution in [0, 0.1) is 10.5 Å². The van der Waals surface area contributed by atoms with E-state index >= 15 is 0 Å². The maximum atomic E-state index is 13.0. The Morgan fingerprint density at radius 3 is 2.36 bits per heavy atom. The summed E-state index contributed by atoms with van der Waals surface area (Å²) in [5.74, 6) is 0.309. The van der Waals surface area contributed by atoms with Gasteiger partial charge in [-0.25, -0.2) is 0 Å². The molecule has 3 rings (SSSR count). The largest absolute Gasteiger partial charge is 0.497 e. The molecule has 0 aliphatic rings. The van der Waals surface area contributed by atoms with Crippen LogP contribution in [0.15, 0.2) is 72.8 Å². The lowest BCUT2D eigenvalue weighted by atomic mass is 10.0. The molecule has 0 heterocycles. The molecule has 0 saturated heterocycles. The number of carbonyl (C=O) groups excluding carboxylic acids is 2. The van der Waals surface area contributed by atoms with Crippen LogP contribution >= 0.6 is 22.6 Å². The lowest BCUT2D eigenvalue weighted by Crippen LogP contribution is -2.48. The van der Waals surface area contributed by atoms with Crippen LogP contribution in [-0.4, -0.2) is 38.1 Å². The molecular formula is C26H28IN3O3. The minimum absolute atomic E-state index is 0.217. The highest BCUT2D eigenvalue weighted by atomic mass is 127. The highest BCUT2D eigenvalue weighted by molar-refractivity contribution is 14.1. The van der Waals surface area contributed by atoms with Crippen molar-refractivity contribution < 1.29 is 14.3 Å². The molecule has 0 aliphatic heterocycles. The number of hydrogen-bond donors (Lipinski definition) is 3. The second-order valence-electron chi connectivity index (χ2n) is 7.67. The van der Waals surface area contributed by atoms with Gasteiger partial charge in [-0.3, -0.25) is 9.59 Å². The molecule has 0 aromatic heterocycles. The molecule has 172 valence electrons. The number of hydrogen-bond acceptors (Lipinski definition) is 4. The normalized spacial score (nSPS) is 11.4. The Bertz CT molecular complexity index is 1070. The third-order valence-electron chi connectivity index (χ3n) is 5.10. The summed E-state index contributed by atoms with van der Waals surface area (Å²) in [6.45, 7) is 2.91. The summed E-state index contributed by atoms with van der Waals surface area (Å²) >= 11 is 2.24. The Kier molecular flexibility index (Phi) is 9.12. The fraction of sp³-hybridized carbons (Fsp3) is 0.231. The van der Waals surface area contributed by atoms with Crippen LogP contribution < -0.4 is 20.7 Å². The van der Waals surface area contributed by atoms with Gasteiger partial charge in [0.25, 0.3) is 5.91 Å². The second kappa shape index (κ2) is 12.2. The van der Waals surface area contributed by atoms with Crippen molar-refractivity contribution in [2.24, 2.45) is 0 Å². The first kappa shape index (κ1) is 24.6. The molecule has 0 spiro atoms. The van der Waals surface area contributed by atoms with E-state index in [-0.39, 0.29) is 11.8 Å². The number of amides is 2. The minimum Gasteiger partial charge on any atom is -0.497 e. The summed E-state index contributed by atoms with van der Waals surface area (Å²) < 4.78 is 6.27. The standard InChI is InChI=1S/C26H28IN3O3/c1-18-4-3-5-20(16-18)25(31)30-24(17-19-6-8-21(27)9-7-19)26(32)29-15-14-28-22-10-12-23(33-2)13-11-22/h3-13,16,24,28H,14-15,17H2,1-2H3,(H,29,32)(H,30,31). The zero-order valence-electron chi connectivity index (χ0n) is 18.7. The summed E-state index contributed by atoms with van der Waals surface area (Å²) in [7, 11) is 1.63. The SMILES string of the molecule is COc1ccc(NCCNC(=O)C(Cc2ccc(I)cc2)NC(=O)c2cccc(C)c2)cc1. The van der Waals surface area contributed by atoms with E-state index in [0.29, 0.717) is 25.1 Å². The van der Waals surface area contributed by atoms with Crippen molar-refractivity contribution in [2.45, 2.75) is 19.4 Å². The molecule has 3 aromatic carbocycles. The van der Waals surface area contributed by atoms with Crippen molar-refractivity contribution in [3.05, 3.63) is 93.1 Å². The number of methoxy groups -OCH3 is 1. The molecule has 7 heteroatoms. The second-order valence-corrected chi connectivity index (χ2v) is 8.92. The van der Waals surface area contributed by atoms with E-state index < -0.39 is 6.04 Å². The number of aryl methyl sites for hydroxylation is 1. The molecule has 6 nitrogen and oxygen atoms in total. The minimum atomic E-state index is -0.681. The summed E-state index contributed by atoms with van der Waals surface area (Å²) in [5, 5.41) is 9.10. The van der Waals surface area contributed by atoms with Crippen molar-refractivity contribution >= 4 is 40.1 Å². The molecule has 0 saturated carbocycles. The average molecular weight is 557 g/mol. The molecule has 33 heavy (non-hydrogen) atoms. The Morgan fingerprint density at radius 1 is 0.970 bits per heavy atom. The first-order valence-electron chi connectivity index (χ1n) is 10.7. The van der Waals surface area contributed by atoms with Gasteiger partial charge in [-0.1, -0.05) is 29.8 Å². The van der Waals surface area contributed by atoms with Gasteiger partial charge in [0.2, 0.25) is 5.91 Å². The lowest BCUT2D eigenvalue weighted by Gasteiger charge is -2.19. The Balaban J connectivity index is 1.60. The van der Waals surface area contributed by atoms with Crippen LogP contribution in [-0.2, 0) is 11.2 Å². The highest BCUT2D eigenvalue weighted by Crippen LogP contribution is 2.14. The average Bonchev–Trinajstić information content (AvgIpc) is 2.83. The van der Waals surface area contributed by atoms with Crippen molar-refractivity contribution in [2.75, 3.05) is 25.5 Å². The van der Waals surface area contributed by atoms with Crippen LogP contribution in [0.3, 0.4) is 0 Å². The number of ether oxygens (including phenoxy) is 1. The van der Waals surface area contributed by atoms with Gasteiger partial charge in [0.15, 0.2) is 0 Å². The Labute approximate surface area is 208 Å². The molecule has 0 fully saturated rings. The third-order valence-corrected chi connectivity index (χ3v) is 5.82. The molecule has 2 amide bonds. The van der Waals surface area contributed by atoms with E-state index in [2.05, 4.69) is 38.5 Å². The van der Waals surface area contributed by atoms with Gasteiger partial charge in [-0.05, 0) is 83.6 Å². The lowest BCUT2D eigenvalue weighted by molar-refractivity contribution is -0.122. The topological polar surface area (TPSA) is 79.5 Å². The molecule has 0 aliphatic carbocycles. The van der Waals surface area contributed by atoms with Crippen LogP contribution in [0.5, 0.6) is 5.75 Å². The van der Waals surface area contributed by atoms with Gasteiger partial charge in [-0.15, -0.1) is 0 Å². The molecule has 0 radical (unpaired) electrons. The smallest absolute Gasteiger partial charge is 0.251 e. The van der Waals surface area contributed by atoms with Crippen LogP contribution in [0.1, 0.15) is 21.5 Å². The number of anilines is 1. The van der Waals surface area contributed by atoms with Crippen molar-refractivity contribution in [1.29, 1.82) is 0 Å². The highest BCUT2D eigenvalue weighted by Gasteiger charge is 2.22. The van der Waals surface area contributed by atoms with Gasteiger partial charge in [0.05, 0.1) is 7.11 Å². The summed E-state index contributed by atoms with van der Waals surface area (Å²) in [6.07, 6.45) is 0.409. The van der Waals surface area contributed by atoms with Gasteiger partial charge in [0, 0.05) is 34.3 Å². The van der Waals surface area contributed by atoms with Crippen LogP contribution in [0.25, 0.3) is 0 Å². The van der Waals surface area contributed by atoms with E-state index in [0.717, 1.165) is 26.1 Å². The van der Waals surface area contributed by atoms with Crippen LogP contribution in [0.4, 0.5) is 5.69 Å². The first-order valence-corrected chi connectivity index (χ1v) is 11.8. The van der Waals surface area contributed by atoms with Gasteiger partial charge in [0.1, 0.15) is 11.8 Å². The van der Waals surface area contributed by atoms with E-state index in [1.165, 1.54) is 0 Å². The maximum absolute atomic E-state index is 13.0. The molecule has 3 N–H and O–H groups in total. The van der Waals surface area contributed by atoms with E-state index in [9.17, 15) is 9.59 Å². The summed E-state index contributed by atoms with van der Waals surface area (Å²) in [6, 6.07) is 22.2. The van der Waals surface area contributed by atoms with Crippen LogP contribution in [0.2, 0.25) is 0 Å². The number of rotatable bonds is 10. The van der Waals surface area contributed by atoms with Crippen molar-refractivity contribution in [3.8, 4) is 5.75 Å². The number of benzene rings is 3. The number of halogens is 1. The fourth-order valence-corrected chi connectivity index (χ4v) is 3.68. The number of nitrogens with one attached hydrogen (secondary N) is 3. The molecule has 1 unspecified atom stereocenters. The predicted molar refractivity (Wildman–Crippen MR) is 140 cm³/mol. The molecular weight excluding hydrogens is 529 g/mol.